The minimum atomic E-state index is 0. The molecule has 0 saturated heterocycles. The van der Waals surface area contributed by atoms with Gasteiger partial charge in [-0.25, -0.2) is 23.3 Å². The molecule has 0 aromatic carbocycles. The predicted molar refractivity (Wildman–Crippen MR) is 140 cm³/mol. The first-order valence-electron chi connectivity index (χ1n) is 13.2. The molecule has 4 aliphatic rings. The van der Waals surface area contributed by atoms with Crippen LogP contribution in [0.4, 0.5) is 0 Å². The van der Waals surface area contributed by atoms with Crippen molar-refractivity contribution in [1.29, 1.82) is 0 Å². The Morgan fingerprint density at radius 2 is 0.879 bits per heavy atom. The standard InChI is InChI=1S/2C16H25.Zn/c2*1-13-8-11-15(5,12-13)16(14(2,3)4)9-6-7-10-16;/h2*8,11H,6-7,9-10H2,1-5H3;/q2*-1;+2. The van der Waals surface area contributed by atoms with E-state index in [4.69, 9.17) is 0 Å². The molecule has 2 atom stereocenters. The maximum absolute atomic E-state index is 3.73. The van der Waals surface area contributed by atoms with Crippen LogP contribution in [0.25, 0.3) is 0 Å². The Morgan fingerprint density at radius 1 is 0.606 bits per heavy atom. The molecule has 0 nitrogen and oxygen atoms in total. The Hall–Kier alpha value is -0.417. The third-order valence-electron chi connectivity index (χ3n) is 10.0. The molecular weight excluding hydrogens is 450 g/mol. The average molecular weight is 500 g/mol. The zero-order valence-electron chi connectivity index (χ0n) is 23.7. The van der Waals surface area contributed by atoms with Gasteiger partial charge in [-0.1, -0.05) is 106 Å². The quantitative estimate of drug-likeness (QED) is 0.262. The Balaban J connectivity index is 0.000000227. The van der Waals surface area contributed by atoms with Crippen molar-refractivity contribution >= 4 is 0 Å². The number of allylic oxidation sites excluding steroid dienone is 8. The van der Waals surface area contributed by atoms with Crippen LogP contribution in [0.2, 0.25) is 0 Å². The van der Waals surface area contributed by atoms with Gasteiger partial charge in [-0.15, -0.1) is 0 Å². The summed E-state index contributed by atoms with van der Waals surface area (Å²) in [4.78, 5) is 0. The van der Waals surface area contributed by atoms with Crippen LogP contribution < -0.4 is 0 Å². The predicted octanol–water partition coefficient (Wildman–Crippen LogP) is 9.83. The van der Waals surface area contributed by atoms with E-state index >= 15 is 0 Å². The summed E-state index contributed by atoms with van der Waals surface area (Å²) in [5, 5.41) is 0. The average Bonchev–Trinajstić information content (AvgIpc) is 3.42. The van der Waals surface area contributed by atoms with Gasteiger partial charge in [-0.3, -0.25) is 12.2 Å². The third kappa shape index (κ3) is 4.84. The zero-order valence-corrected chi connectivity index (χ0v) is 26.6. The number of hydrogen-bond donors (Lipinski definition) is 0. The van der Waals surface area contributed by atoms with E-state index in [0.717, 1.165) is 0 Å². The van der Waals surface area contributed by atoms with Crippen molar-refractivity contribution in [2.45, 2.75) is 121 Å². The van der Waals surface area contributed by atoms with Crippen molar-refractivity contribution in [1.82, 2.24) is 0 Å². The molecular formula is C32H50Zn. The van der Waals surface area contributed by atoms with Crippen molar-refractivity contribution in [2.24, 2.45) is 32.5 Å². The minimum absolute atomic E-state index is 0. The summed E-state index contributed by atoms with van der Waals surface area (Å²) in [5.74, 6) is 0. The van der Waals surface area contributed by atoms with Crippen LogP contribution in [-0.2, 0) is 19.5 Å². The fourth-order valence-electron chi connectivity index (χ4n) is 8.18. The molecule has 0 spiro atoms. The van der Waals surface area contributed by atoms with E-state index in [-0.39, 0.29) is 30.3 Å². The molecule has 180 valence electrons. The van der Waals surface area contributed by atoms with E-state index in [1.54, 1.807) is 0 Å². The molecule has 2 fully saturated rings. The van der Waals surface area contributed by atoms with Gasteiger partial charge in [0.05, 0.1) is 0 Å². The Morgan fingerprint density at radius 3 is 1.06 bits per heavy atom. The molecule has 0 radical (unpaired) electrons. The van der Waals surface area contributed by atoms with Gasteiger partial charge in [0.15, 0.2) is 0 Å². The molecule has 0 N–H and O–H groups in total. The minimum Gasteiger partial charge on any atom is -0.263 e. The van der Waals surface area contributed by atoms with Crippen LogP contribution in [0, 0.1) is 44.6 Å². The van der Waals surface area contributed by atoms with Gasteiger partial charge in [0.1, 0.15) is 0 Å². The zero-order chi connectivity index (χ0) is 24.1. The molecule has 0 aromatic heterocycles. The van der Waals surface area contributed by atoms with E-state index in [2.05, 4.69) is 106 Å². The van der Waals surface area contributed by atoms with Crippen LogP contribution in [0.5, 0.6) is 0 Å². The first-order valence-corrected chi connectivity index (χ1v) is 13.2. The Labute approximate surface area is 219 Å². The monoisotopic (exact) mass is 498 g/mol. The normalized spacial score (nSPS) is 32.2. The second-order valence-electron chi connectivity index (χ2n) is 13.8. The van der Waals surface area contributed by atoms with Crippen molar-refractivity contribution in [3.8, 4) is 0 Å². The van der Waals surface area contributed by atoms with Crippen LogP contribution in [0.15, 0.2) is 35.5 Å². The van der Waals surface area contributed by atoms with E-state index in [9.17, 15) is 0 Å². The van der Waals surface area contributed by atoms with Crippen molar-refractivity contribution in [3.05, 3.63) is 47.6 Å². The molecule has 4 rings (SSSR count). The second-order valence-corrected chi connectivity index (χ2v) is 13.8. The molecule has 0 amide bonds. The van der Waals surface area contributed by atoms with Crippen LogP contribution >= 0.6 is 0 Å². The number of hydrogen-bond acceptors (Lipinski definition) is 0. The van der Waals surface area contributed by atoms with E-state index in [0.29, 0.717) is 21.7 Å². The number of rotatable bonds is 2. The Bertz CT molecular complexity index is 740. The third-order valence-corrected chi connectivity index (χ3v) is 10.0. The first-order chi connectivity index (χ1) is 14.6. The molecule has 33 heavy (non-hydrogen) atoms. The Kier molecular flexibility index (Phi) is 8.35. The summed E-state index contributed by atoms with van der Waals surface area (Å²) in [6.07, 6.45) is 27.8. The van der Waals surface area contributed by atoms with Gasteiger partial charge < -0.3 is 0 Å². The van der Waals surface area contributed by atoms with Gasteiger partial charge in [0.25, 0.3) is 0 Å². The molecule has 0 bridgehead atoms. The molecule has 1 heteroatoms. The van der Waals surface area contributed by atoms with Crippen LogP contribution in [0.1, 0.15) is 121 Å². The summed E-state index contributed by atoms with van der Waals surface area (Å²) in [7, 11) is 0. The molecule has 0 heterocycles. The largest absolute Gasteiger partial charge is 2.00 e. The van der Waals surface area contributed by atoms with Crippen LogP contribution in [0.3, 0.4) is 0 Å². The van der Waals surface area contributed by atoms with Crippen molar-refractivity contribution in [3.63, 3.8) is 0 Å². The summed E-state index contributed by atoms with van der Waals surface area (Å²) < 4.78 is 0. The first kappa shape index (κ1) is 28.8. The van der Waals surface area contributed by atoms with E-state index < -0.39 is 0 Å². The van der Waals surface area contributed by atoms with Gasteiger partial charge in [0, 0.05) is 0 Å². The molecule has 2 unspecified atom stereocenters. The molecule has 0 aliphatic heterocycles. The van der Waals surface area contributed by atoms with Gasteiger partial charge in [-0.2, -0.15) is 12.2 Å². The van der Waals surface area contributed by atoms with E-state index in [1.807, 2.05) is 0 Å². The van der Waals surface area contributed by atoms with Crippen molar-refractivity contribution in [2.75, 3.05) is 0 Å². The summed E-state index contributed by atoms with van der Waals surface area (Å²) in [6, 6.07) is 0. The van der Waals surface area contributed by atoms with Gasteiger partial charge in [0.2, 0.25) is 0 Å². The smallest absolute Gasteiger partial charge is 0.263 e. The maximum atomic E-state index is 3.73. The van der Waals surface area contributed by atoms with Gasteiger partial charge in [-0.05, 0) is 47.3 Å². The fourth-order valence-corrected chi connectivity index (χ4v) is 8.18. The second kappa shape index (κ2) is 9.56. The van der Waals surface area contributed by atoms with Crippen LogP contribution in [-0.4, -0.2) is 0 Å². The summed E-state index contributed by atoms with van der Waals surface area (Å²) in [5.41, 5.74) is 4.50. The van der Waals surface area contributed by atoms with Crippen molar-refractivity contribution < 1.29 is 19.5 Å². The molecule has 2 saturated carbocycles. The fraction of sp³-hybridized carbons (Fsp3) is 0.750. The van der Waals surface area contributed by atoms with E-state index in [1.165, 1.54) is 62.5 Å². The maximum Gasteiger partial charge on any atom is 2.00 e. The molecule has 0 aromatic rings. The van der Waals surface area contributed by atoms with Gasteiger partial charge >= 0.3 is 19.5 Å². The summed E-state index contributed by atoms with van der Waals surface area (Å²) >= 11 is 0. The molecule has 4 aliphatic carbocycles. The topological polar surface area (TPSA) is 0 Å². The SMILES string of the molecule is CC1=[C-]C(C)(C2(C(C)(C)C)CCCC2)C=C1.CC1=[C-]C(C)(C2(C(C)(C)C)CCCC2)C=C1.[Zn+2]. The summed E-state index contributed by atoms with van der Waals surface area (Å²) in [6.45, 7) is 23.6.